The molecule has 0 fully saturated rings. The van der Waals surface area contributed by atoms with Crippen LogP contribution in [0, 0.1) is 0 Å². The van der Waals surface area contributed by atoms with Gasteiger partial charge in [-0.2, -0.15) is 0 Å². The van der Waals surface area contributed by atoms with E-state index in [-0.39, 0.29) is 16.9 Å². The molecule has 1 aromatic rings. The van der Waals surface area contributed by atoms with Crippen LogP contribution < -0.4 is 11.1 Å². The van der Waals surface area contributed by atoms with Crippen molar-refractivity contribution in [1.29, 1.82) is 0 Å². The summed E-state index contributed by atoms with van der Waals surface area (Å²) < 4.78 is 4.97. The Balaban J connectivity index is 2.80. The highest BCUT2D eigenvalue weighted by Gasteiger charge is 2.24. The van der Waals surface area contributed by atoms with Crippen molar-refractivity contribution >= 4 is 23.1 Å². The van der Waals surface area contributed by atoms with Gasteiger partial charge in [-0.25, -0.2) is 0 Å². The first-order valence-corrected chi connectivity index (χ1v) is 6.10. The predicted octanol–water partition coefficient (Wildman–Crippen LogP) is 1.21. The van der Waals surface area contributed by atoms with E-state index in [1.165, 1.54) is 0 Å². The molecule has 0 spiro atoms. The quantitative estimate of drug-likeness (QED) is 0.760. The Morgan fingerprint density at radius 2 is 2.06 bits per heavy atom. The third-order valence-electron chi connectivity index (χ3n) is 2.48. The average Bonchev–Trinajstić information content (AvgIpc) is 2.30. The second kappa shape index (κ2) is 7.08. The van der Waals surface area contributed by atoms with E-state index in [4.69, 9.17) is 22.7 Å². The van der Waals surface area contributed by atoms with Crippen LogP contribution >= 0.6 is 12.2 Å². The summed E-state index contributed by atoms with van der Waals surface area (Å²) >= 11 is 4.98. The molecule has 0 aliphatic carbocycles. The molecule has 0 aliphatic rings. The van der Waals surface area contributed by atoms with Gasteiger partial charge >= 0.3 is 0 Å². The van der Waals surface area contributed by atoms with Crippen LogP contribution in [0.2, 0.25) is 0 Å². The first-order chi connectivity index (χ1) is 8.56. The zero-order valence-corrected chi connectivity index (χ0v) is 11.4. The largest absolute Gasteiger partial charge is 0.392 e. The van der Waals surface area contributed by atoms with Crippen molar-refractivity contribution in [3.63, 3.8) is 0 Å². The van der Waals surface area contributed by atoms with Crippen molar-refractivity contribution in [2.45, 2.75) is 18.9 Å². The molecular formula is C13H18N2O2S. The number of methoxy groups -OCH3 is 1. The minimum absolute atomic E-state index is 0.0805. The minimum atomic E-state index is -0.597. The van der Waals surface area contributed by atoms with Gasteiger partial charge in [0.2, 0.25) is 5.91 Å². The van der Waals surface area contributed by atoms with Crippen molar-refractivity contribution in [2.75, 3.05) is 13.7 Å². The van der Waals surface area contributed by atoms with E-state index in [1.807, 2.05) is 37.3 Å². The van der Waals surface area contributed by atoms with E-state index < -0.39 is 5.92 Å². The lowest BCUT2D eigenvalue weighted by Gasteiger charge is -2.19. The lowest BCUT2D eigenvalue weighted by Crippen LogP contribution is -2.42. The maximum atomic E-state index is 12.1. The summed E-state index contributed by atoms with van der Waals surface area (Å²) in [6.07, 6.45) is 0. The fraction of sp³-hybridized carbons (Fsp3) is 0.385. The molecule has 0 bridgehead atoms. The molecule has 0 saturated heterocycles. The number of thiocarbonyl (C=S) groups is 1. The molecule has 4 nitrogen and oxygen atoms in total. The number of amides is 1. The SMILES string of the molecule is COCC(C)NC(=O)C(C(N)=S)c1ccccc1. The highest BCUT2D eigenvalue weighted by molar-refractivity contribution is 7.80. The number of nitrogens with two attached hydrogens (primary N) is 1. The van der Waals surface area contributed by atoms with Crippen LogP contribution in [0.25, 0.3) is 0 Å². The van der Waals surface area contributed by atoms with Gasteiger partial charge in [0.05, 0.1) is 11.6 Å². The lowest BCUT2D eigenvalue weighted by molar-refractivity contribution is -0.122. The van der Waals surface area contributed by atoms with Crippen LogP contribution in [-0.2, 0) is 9.53 Å². The van der Waals surface area contributed by atoms with E-state index in [9.17, 15) is 4.79 Å². The van der Waals surface area contributed by atoms with E-state index in [1.54, 1.807) is 7.11 Å². The van der Waals surface area contributed by atoms with Gasteiger partial charge < -0.3 is 15.8 Å². The second-order valence-electron chi connectivity index (χ2n) is 4.11. The van der Waals surface area contributed by atoms with E-state index >= 15 is 0 Å². The summed E-state index contributed by atoms with van der Waals surface area (Å²) in [6, 6.07) is 9.18. The number of hydrogen-bond donors (Lipinski definition) is 2. The Morgan fingerprint density at radius 1 is 1.44 bits per heavy atom. The molecule has 0 heterocycles. The third kappa shape index (κ3) is 4.09. The molecule has 1 amide bonds. The monoisotopic (exact) mass is 266 g/mol. The lowest BCUT2D eigenvalue weighted by atomic mass is 9.98. The smallest absolute Gasteiger partial charge is 0.234 e. The normalized spacial score (nSPS) is 13.7. The average molecular weight is 266 g/mol. The van der Waals surface area contributed by atoms with E-state index in [0.29, 0.717) is 6.61 Å². The van der Waals surface area contributed by atoms with Crippen molar-refractivity contribution in [3.8, 4) is 0 Å². The summed E-state index contributed by atoms with van der Waals surface area (Å²) in [5.41, 5.74) is 6.46. The molecule has 1 rings (SSSR count). The number of benzene rings is 1. The van der Waals surface area contributed by atoms with E-state index in [2.05, 4.69) is 5.32 Å². The van der Waals surface area contributed by atoms with Crippen LogP contribution in [0.15, 0.2) is 30.3 Å². The Kier molecular flexibility index (Phi) is 5.74. The van der Waals surface area contributed by atoms with Gasteiger partial charge in [-0.05, 0) is 12.5 Å². The summed E-state index contributed by atoms with van der Waals surface area (Å²) in [4.78, 5) is 12.3. The van der Waals surface area contributed by atoms with E-state index in [0.717, 1.165) is 5.56 Å². The van der Waals surface area contributed by atoms with Gasteiger partial charge in [0.25, 0.3) is 0 Å². The second-order valence-corrected chi connectivity index (χ2v) is 4.58. The molecule has 0 saturated carbocycles. The van der Waals surface area contributed by atoms with Gasteiger partial charge in [-0.1, -0.05) is 42.5 Å². The summed E-state index contributed by atoms with van der Waals surface area (Å²) in [5.74, 6) is -0.793. The number of ether oxygens (including phenoxy) is 1. The maximum Gasteiger partial charge on any atom is 0.234 e. The topological polar surface area (TPSA) is 64.3 Å². The Morgan fingerprint density at radius 3 is 2.56 bits per heavy atom. The molecule has 0 aromatic heterocycles. The molecule has 1 aromatic carbocycles. The van der Waals surface area contributed by atoms with Crippen molar-refractivity contribution in [2.24, 2.45) is 5.73 Å². The molecular weight excluding hydrogens is 248 g/mol. The molecule has 3 N–H and O–H groups in total. The van der Waals surface area contributed by atoms with Gasteiger partial charge in [0.15, 0.2) is 0 Å². The third-order valence-corrected chi connectivity index (χ3v) is 2.72. The predicted molar refractivity (Wildman–Crippen MR) is 75.4 cm³/mol. The zero-order chi connectivity index (χ0) is 13.5. The molecule has 0 aliphatic heterocycles. The van der Waals surface area contributed by atoms with Crippen LogP contribution in [0.1, 0.15) is 18.4 Å². The fourth-order valence-corrected chi connectivity index (χ4v) is 1.95. The Hall–Kier alpha value is -1.46. The Labute approximate surface area is 113 Å². The molecule has 2 atom stereocenters. The molecule has 2 unspecified atom stereocenters. The number of carbonyl (C=O) groups excluding carboxylic acids is 1. The van der Waals surface area contributed by atoms with Gasteiger partial charge in [-0.15, -0.1) is 0 Å². The van der Waals surface area contributed by atoms with Crippen LogP contribution in [0.3, 0.4) is 0 Å². The Bertz CT molecular complexity index is 409. The fourth-order valence-electron chi connectivity index (χ4n) is 1.71. The number of carbonyl (C=O) groups is 1. The highest BCUT2D eigenvalue weighted by Crippen LogP contribution is 2.16. The number of hydrogen-bond acceptors (Lipinski definition) is 3. The van der Waals surface area contributed by atoms with Gasteiger partial charge in [0, 0.05) is 13.2 Å². The van der Waals surface area contributed by atoms with Crippen LogP contribution in [0.5, 0.6) is 0 Å². The summed E-state index contributed by atoms with van der Waals surface area (Å²) in [6.45, 7) is 2.31. The van der Waals surface area contributed by atoms with Crippen LogP contribution in [-0.4, -0.2) is 30.7 Å². The highest BCUT2D eigenvalue weighted by atomic mass is 32.1. The zero-order valence-electron chi connectivity index (χ0n) is 10.6. The summed E-state index contributed by atoms with van der Waals surface area (Å²) in [5, 5.41) is 2.83. The van der Waals surface area contributed by atoms with Gasteiger partial charge in [-0.3, -0.25) is 4.79 Å². The molecule has 98 valence electrons. The minimum Gasteiger partial charge on any atom is -0.392 e. The van der Waals surface area contributed by atoms with Crippen molar-refractivity contribution in [3.05, 3.63) is 35.9 Å². The molecule has 0 radical (unpaired) electrons. The van der Waals surface area contributed by atoms with Crippen LogP contribution in [0.4, 0.5) is 0 Å². The molecule has 5 heteroatoms. The number of nitrogens with one attached hydrogen (secondary N) is 1. The molecule has 18 heavy (non-hydrogen) atoms. The van der Waals surface area contributed by atoms with Gasteiger partial charge in [0.1, 0.15) is 5.92 Å². The number of rotatable bonds is 6. The summed E-state index contributed by atoms with van der Waals surface area (Å²) in [7, 11) is 1.59. The standard InChI is InChI=1S/C13H18N2O2S/c1-9(8-17-2)15-13(16)11(12(14)18)10-6-4-3-5-7-10/h3-7,9,11H,8H2,1-2H3,(H2,14,18)(H,15,16). The first kappa shape index (κ1) is 14.6. The maximum absolute atomic E-state index is 12.1. The van der Waals surface area contributed by atoms with Crippen molar-refractivity contribution in [1.82, 2.24) is 5.32 Å². The first-order valence-electron chi connectivity index (χ1n) is 5.69. The van der Waals surface area contributed by atoms with Crippen molar-refractivity contribution < 1.29 is 9.53 Å².